The topological polar surface area (TPSA) is 94.5 Å². The van der Waals surface area contributed by atoms with Gasteiger partial charge in [0, 0.05) is 13.1 Å². The van der Waals surface area contributed by atoms with Gasteiger partial charge in [0.25, 0.3) is 0 Å². The third kappa shape index (κ3) is 13.0. The quantitative estimate of drug-likeness (QED) is 0.120. The fourth-order valence-corrected chi connectivity index (χ4v) is 6.87. The highest BCUT2D eigenvalue weighted by atomic mass is 31.2. The van der Waals surface area contributed by atoms with Crippen molar-refractivity contribution in [2.75, 3.05) is 26.3 Å². The zero-order chi connectivity index (χ0) is 38.6. The minimum atomic E-state index is -4.39. The van der Waals surface area contributed by atoms with Crippen LogP contribution in [0.15, 0.2) is 103 Å². The van der Waals surface area contributed by atoms with Gasteiger partial charge in [0.2, 0.25) is 0 Å². The van der Waals surface area contributed by atoms with Gasteiger partial charge in [-0.2, -0.15) is 26.3 Å². The Hall–Kier alpha value is -4.78. The summed E-state index contributed by atoms with van der Waals surface area (Å²) in [4.78, 5) is 12.3. The lowest BCUT2D eigenvalue weighted by Gasteiger charge is -2.25. The lowest BCUT2D eigenvalue weighted by molar-refractivity contribution is -0.138. The highest BCUT2D eigenvalue weighted by molar-refractivity contribution is 7.53. The number of rotatable bonds is 11. The minimum Gasteiger partial charge on any atom is -0.465 e. The summed E-state index contributed by atoms with van der Waals surface area (Å²) in [5, 5.41) is 8.98. The Morgan fingerprint density at radius 1 is 0.717 bits per heavy atom. The van der Waals surface area contributed by atoms with Crippen molar-refractivity contribution in [2.45, 2.75) is 45.2 Å². The predicted molar refractivity (Wildman–Crippen MR) is 187 cm³/mol. The maximum atomic E-state index is 12.6. The molecule has 0 radical (unpaired) electrons. The van der Waals surface area contributed by atoms with Crippen LogP contribution < -0.4 is 9.47 Å². The van der Waals surface area contributed by atoms with Gasteiger partial charge in [-0.05, 0) is 111 Å². The molecular formula is C38H38F6NO7P. The number of piperidine rings is 1. The highest BCUT2D eigenvalue weighted by Crippen LogP contribution is 2.51. The fourth-order valence-electron chi connectivity index (χ4n) is 5.18. The Morgan fingerprint density at radius 3 is 1.64 bits per heavy atom. The average molecular weight is 766 g/mol. The summed E-state index contributed by atoms with van der Waals surface area (Å²) >= 11 is 0. The van der Waals surface area contributed by atoms with Crippen LogP contribution in [0.4, 0.5) is 31.1 Å². The van der Waals surface area contributed by atoms with Crippen LogP contribution in [-0.2, 0) is 32.1 Å². The van der Waals surface area contributed by atoms with Crippen LogP contribution in [0, 0.1) is 0 Å². The molecule has 284 valence electrons. The molecule has 0 unspecified atom stereocenters. The first kappa shape index (κ1) is 41.0. The van der Waals surface area contributed by atoms with E-state index in [0.717, 1.165) is 35.4 Å². The van der Waals surface area contributed by atoms with Crippen molar-refractivity contribution in [2.24, 2.45) is 0 Å². The summed E-state index contributed by atoms with van der Waals surface area (Å²) in [7, 11) is -3.25. The van der Waals surface area contributed by atoms with E-state index in [2.05, 4.69) is 0 Å². The lowest BCUT2D eigenvalue weighted by Crippen LogP contribution is -2.35. The molecule has 15 heteroatoms. The molecule has 1 fully saturated rings. The summed E-state index contributed by atoms with van der Waals surface area (Å²) in [6.07, 6.45) is -6.23. The summed E-state index contributed by atoms with van der Waals surface area (Å²) in [5.74, 6) is 1.53. The molecule has 1 amide bonds. The van der Waals surface area contributed by atoms with E-state index in [-0.39, 0.29) is 25.1 Å². The number of carbonyl (C=O) groups is 1. The molecule has 0 aliphatic carbocycles. The summed E-state index contributed by atoms with van der Waals surface area (Å²) in [5.41, 5.74) is 1.27. The lowest BCUT2D eigenvalue weighted by atomic mass is 10.0. The van der Waals surface area contributed by atoms with Gasteiger partial charge in [0.15, 0.2) is 0 Å². The predicted octanol–water partition coefficient (Wildman–Crippen LogP) is 11.9. The van der Waals surface area contributed by atoms with E-state index in [4.69, 9.17) is 23.6 Å². The number of alkyl halides is 6. The number of benzene rings is 4. The molecule has 4 aromatic rings. The smallest absolute Gasteiger partial charge is 0.416 e. The molecule has 0 spiro atoms. The van der Waals surface area contributed by atoms with E-state index in [0.29, 0.717) is 48.7 Å². The third-order valence-electron chi connectivity index (χ3n) is 7.67. The van der Waals surface area contributed by atoms with Gasteiger partial charge in [-0.25, -0.2) is 4.79 Å². The molecule has 0 saturated carbocycles. The summed E-state index contributed by atoms with van der Waals surface area (Å²) in [6.45, 7) is 4.94. The number of amides is 1. The van der Waals surface area contributed by atoms with Gasteiger partial charge in [-0.15, -0.1) is 0 Å². The maximum Gasteiger partial charge on any atom is 0.416 e. The SMILES string of the molecule is CCOP(=O)(Cc1cccc(Oc2ccc(C(F)(F)F)cc2)c1)OCC.O=C(O)N1CCC(=Cc2cccc(Oc3ccc(C(F)(F)F)cc3)c2)CC1. The van der Waals surface area contributed by atoms with E-state index >= 15 is 0 Å². The van der Waals surface area contributed by atoms with Crippen LogP contribution in [0.25, 0.3) is 6.08 Å². The monoisotopic (exact) mass is 765 g/mol. The van der Waals surface area contributed by atoms with Crippen molar-refractivity contribution in [3.05, 3.63) is 125 Å². The fraction of sp³-hybridized carbons (Fsp3) is 0.289. The third-order valence-corrected chi connectivity index (χ3v) is 9.72. The molecule has 1 saturated heterocycles. The molecule has 4 aromatic carbocycles. The maximum absolute atomic E-state index is 12.6. The molecule has 1 heterocycles. The molecule has 0 bridgehead atoms. The largest absolute Gasteiger partial charge is 0.465 e. The Labute approximate surface area is 303 Å². The van der Waals surface area contributed by atoms with E-state index in [1.165, 1.54) is 29.2 Å². The molecule has 0 aromatic heterocycles. The van der Waals surface area contributed by atoms with Gasteiger partial charge in [0.1, 0.15) is 23.0 Å². The Kier molecular flexibility index (Phi) is 14.2. The average Bonchev–Trinajstić information content (AvgIpc) is 3.09. The van der Waals surface area contributed by atoms with Gasteiger partial charge in [-0.1, -0.05) is 35.9 Å². The molecule has 5 rings (SSSR count). The van der Waals surface area contributed by atoms with Crippen LogP contribution >= 0.6 is 7.60 Å². The molecule has 1 aliphatic heterocycles. The van der Waals surface area contributed by atoms with E-state index in [9.17, 15) is 35.7 Å². The van der Waals surface area contributed by atoms with Crippen LogP contribution in [0.1, 0.15) is 48.9 Å². The molecule has 8 nitrogen and oxygen atoms in total. The number of carboxylic acid groups (broad SMARTS) is 1. The zero-order valence-corrected chi connectivity index (χ0v) is 29.7. The molecular weight excluding hydrogens is 727 g/mol. The van der Waals surface area contributed by atoms with Gasteiger partial charge in [-0.3, -0.25) is 4.57 Å². The first-order chi connectivity index (χ1) is 25.1. The number of halogens is 6. The van der Waals surface area contributed by atoms with E-state index in [1.54, 1.807) is 56.3 Å². The Morgan fingerprint density at radius 2 is 1.19 bits per heavy atom. The van der Waals surface area contributed by atoms with Crippen molar-refractivity contribution in [3.8, 4) is 23.0 Å². The second-order valence-corrected chi connectivity index (χ2v) is 13.7. The number of hydrogen-bond donors (Lipinski definition) is 1. The van der Waals surface area contributed by atoms with Crippen molar-refractivity contribution >= 4 is 19.8 Å². The standard InChI is InChI=1S/C20H18F3NO3.C18H20F3O4P/c21-20(22,23)16-4-6-17(7-5-16)27-18-3-1-2-15(13-18)12-14-8-10-24(11-9-14)19(25)26;1-3-23-26(22,24-4-2)13-14-6-5-7-17(12-14)25-16-10-8-15(9-11-16)18(19,20)21/h1-7,12-13H,8-11H2,(H,25,26);5-12H,3-4,13H2,1-2H3. The minimum absolute atomic E-state index is 0.0822. The Bertz CT molecular complexity index is 1860. The highest BCUT2D eigenvalue weighted by Gasteiger charge is 2.31. The molecule has 1 N–H and O–H groups in total. The first-order valence-electron chi connectivity index (χ1n) is 16.5. The van der Waals surface area contributed by atoms with E-state index < -0.39 is 37.2 Å². The van der Waals surface area contributed by atoms with Crippen LogP contribution in [-0.4, -0.2) is 42.4 Å². The Balaban J connectivity index is 0.000000237. The molecule has 0 atom stereocenters. The van der Waals surface area contributed by atoms with Crippen LogP contribution in [0.3, 0.4) is 0 Å². The number of hydrogen-bond acceptors (Lipinski definition) is 6. The van der Waals surface area contributed by atoms with Crippen LogP contribution in [0.2, 0.25) is 0 Å². The van der Waals surface area contributed by atoms with Crippen molar-refractivity contribution in [1.29, 1.82) is 0 Å². The normalized spacial score (nSPS) is 13.5. The number of likely N-dealkylation sites (tertiary alicyclic amines) is 1. The second-order valence-electron chi connectivity index (χ2n) is 11.6. The van der Waals surface area contributed by atoms with E-state index in [1.807, 2.05) is 12.1 Å². The van der Waals surface area contributed by atoms with Crippen molar-refractivity contribution in [3.63, 3.8) is 0 Å². The summed E-state index contributed by atoms with van der Waals surface area (Å²) < 4.78 is 110. The number of nitrogens with zero attached hydrogens (tertiary/aromatic N) is 1. The van der Waals surface area contributed by atoms with Crippen molar-refractivity contribution in [1.82, 2.24) is 4.90 Å². The summed E-state index contributed by atoms with van der Waals surface area (Å²) in [6, 6.07) is 23.0. The first-order valence-corrected chi connectivity index (χ1v) is 18.2. The van der Waals surface area contributed by atoms with Gasteiger partial charge in [0.05, 0.1) is 30.5 Å². The van der Waals surface area contributed by atoms with Crippen molar-refractivity contribution < 1.29 is 59.3 Å². The molecule has 53 heavy (non-hydrogen) atoms. The van der Waals surface area contributed by atoms with Crippen LogP contribution in [0.5, 0.6) is 23.0 Å². The second kappa shape index (κ2) is 18.3. The molecule has 1 aliphatic rings. The zero-order valence-electron chi connectivity index (χ0n) is 28.8. The number of ether oxygens (including phenoxy) is 2. The van der Waals surface area contributed by atoms with Gasteiger partial charge >= 0.3 is 26.0 Å². The van der Waals surface area contributed by atoms with Gasteiger partial charge < -0.3 is 28.5 Å².